The SMILES string of the molecule is [B]C1CCCC(C=O)CCC1. The van der Waals surface area contributed by atoms with Gasteiger partial charge in [-0.2, -0.15) is 0 Å². The Balaban J connectivity index is 2.28. The van der Waals surface area contributed by atoms with Crippen LogP contribution >= 0.6 is 0 Å². The fourth-order valence-corrected chi connectivity index (χ4v) is 1.71. The zero-order chi connectivity index (χ0) is 8.10. The fourth-order valence-electron chi connectivity index (χ4n) is 1.71. The first kappa shape index (κ1) is 8.83. The van der Waals surface area contributed by atoms with Crippen LogP contribution in [-0.4, -0.2) is 14.1 Å². The van der Waals surface area contributed by atoms with Gasteiger partial charge in [-0.15, -0.1) is 0 Å². The zero-order valence-electron chi connectivity index (χ0n) is 6.96. The molecule has 1 fully saturated rings. The molecule has 1 aliphatic carbocycles. The number of hydrogen-bond acceptors (Lipinski definition) is 1. The largest absolute Gasteiger partial charge is 0.303 e. The average Bonchev–Trinajstić information content (AvgIpc) is 1.96. The van der Waals surface area contributed by atoms with Crippen LogP contribution in [0, 0.1) is 5.92 Å². The molecule has 1 nitrogen and oxygen atoms in total. The van der Waals surface area contributed by atoms with E-state index in [1.165, 1.54) is 0 Å². The maximum absolute atomic E-state index is 10.5. The summed E-state index contributed by atoms with van der Waals surface area (Å²) in [5, 5.41) is 0. The van der Waals surface area contributed by atoms with Gasteiger partial charge in [0.25, 0.3) is 0 Å². The Morgan fingerprint density at radius 2 is 1.64 bits per heavy atom. The monoisotopic (exact) mass is 150 g/mol. The minimum absolute atomic E-state index is 0.322. The number of hydrogen-bond donors (Lipinski definition) is 0. The first-order valence-corrected chi connectivity index (χ1v) is 4.54. The maximum atomic E-state index is 10.5. The summed E-state index contributed by atoms with van der Waals surface area (Å²) in [6.07, 6.45) is 7.68. The van der Waals surface area contributed by atoms with Crippen molar-refractivity contribution in [3.8, 4) is 0 Å². The minimum atomic E-state index is 0.322. The van der Waals surface area contributed by atoms with E-state index >= 15 is 0 Å². The molecule has 2 radical (unpaired) electrons. The highest BCUT2D eigenvalue weighted by molar-refractivity contribution is 6.11. The highest BCUT2D eigenvalue weighted by Gasteiger charge is 2.12. The number of aldehydes is 1. The average molecular weight is 150 g/mol. The Labute approximate surface area is 70.0 Å². The molecule has 60 valence electrons. The molecule has 2 heteroatoms. The summed E-state index contributed by atoms with van der Waals surface area (Å²) >= 11 is 0. The molecule has 0 aliphatic heterocycles. The first-order valence-electron chi connectivity index (χ1n) is 4.54. The third-order valence-corrected chi connectivity index (χ3v) is 2.49. The quantitative estimate of drug-likeness (QED) is 0.413. The molecule has 0 aromatic carbocycles. The second kappa shape index (κ2) is 4.58. The van der Waals surface area contributed by atoms with Crippen LogP contribution in [0.1, 0.15) is 38.5 Å². The Hall–Kier alpha value is -0.265. The van der Waals surface area contributed by atoms with Crippen LogP contribution in [-0.2, 0) is 4.79 Å². The van der Waals surface area contributed by atoms with Gasteiger partial charge in [0.1, 0.15) is 6.29 Å². The lowest BCUT2D eigenvalue weighted by atomic mass is 9.76. The summed E-state index contributed by atoms with van der Waals surface area (Å²) in [7, 11) is 5.80. The van der Waals surface area contributed by atoms with Gasteiger partial charge in [-0.05, 0) is 12.8 Å². The van der Waals surface area contributed by atoms with Gasteiger partial charge in [0, 0.05) is 5.92 Å². The van der Waals surface area contributed by atoms with Crippen molar-refractivity contribution in [3.63, 3.8) is 0 Å². The third-order valence-electron chi connectivity index (χ3n) is 2.49. The Kier molecular flexibility index (Phi) is 3.68. The van der Waals surface area contributed by atoms with Crippen LogP contribution in [0.3, 0.4) is 0 Å². The van der Waals surface area contributed by atoms with Crippen LogP contribution in [0.15, 0.2) is 0 Å². The van der Waals surface area contributed by atoms with Crippen molar-refractivity contribution in [2.45, 2.75) is 44.3 Å². The lowest BCUT2D eigenvalue weighted by molar-refractivity contribution is -0.111. The topological polar surface area (TPSA) is 17.1 Å². The van der Waals surface area contributed by atoms with Crippen molar-refractivity contribution < 1.29 is 4.79 Å². The first-order chi connectivity index (χ1) is 5.33. The van der Waals surface area contributed by atoms with Gasteiger partial charge < -0.3 is 4.79 Å². The maximum Gasteiger partial charge on any atom is 0.123 e. The van der Waals surface area contributed by atoms with Crippen LogP contribution in [0.4, 0.5) is 0 Å². The van der Waals surface area contributed by atoms with Crippen molar-refractivity contribution in [3.05, 3.63) is 0 Å². The Bertz CT molecular complexity index is 115. The molecule has 0 spiro atoms. The van der Waals surface area contributed by atoms with Gasteiger partial charge in [-0.25, -0.2) is 0 Å². The van der Waals surface area contributed by atoms with Gasteiger partial charge >= 0.3 is 0 Å². The molecule has 1 rings (SSSR count). The lowest BCUT2D eigenvalue weighted by Crippen LogP contribution is -2.07. The summed E-state index contributed by atoms with van der Waals surface area (Å²) in [6, 6.07) is 0. The molecule has 1 aliphatic rings. The van der Waals surface area contributed by atoms with Crippen molar-refractivity contribution in [2.75, 3.05) is 0 Å². The number of carbonyl (C=O) groups excluding carboxylic acids is 1. The lowest BCUT2D eigenvalue weighted by Gasteiger charge is -2.18. The van der Waals surface area contributed by atoms with Gasteiger partial charge in [-0.3, -0.25) is 0 Å². The highest BCUT2D eigenvalue weighted by atomic mass is 16.1. The van der Waals surface area contributed by atoms with Gasteiger partial charge in [0.15, 0.2) is 0 Å². The second-order valence-corrected chi connectivity index (χ2v) is 3.52. The number of rotatable bonds is 1. The molecule has 1 saturated carbocycles. The van der Waals surface area contributed by atoms with Crippen LogP contribution in [0.25, 0.3) is 0 Å². The van der Waals surface area contributed by atoms with E-state index in [0.29, 0.717) is 11.7 Å². The third kappa shape index (κ3) is 3.09. The van der Waals surface area contributed by atoms with E-state index in [0.717, 1.165) is 44.8 Å². The number of carbonyl (C=O) groups is 1. The van der Waals surface area contributed by atoms with E-state index in [-0.39, 0.29) is 0 Å². The Morgan fingerprint density at radius 3 is 2.09 bits per heavy atom. The van der Waals surface area contributed by atoms with E-state index in [9.17, 15) is 4.79 Å². The smallest absolute Gasteiger partial charge is 0.123 e. The van der Waals surface area contributed by atoms with Crippen molar-refractivity contribution >= 4 is 14.1 Å². The van der Waals surface area contributed by atoms with E-state index in [1.54, 1.807) is 0 Å². The molecule has 0 atom stereocenters. The molecule has 0 amide bonds. The molecular formula is C9H15BO. The zero-order valence-corrected chi connectivity index (χ0v) is 6.96. The fraction of sp³-hybridized carbons (Fsp3) is 0.889. The predicted molar refractivity (Wildman–Crippen MR) is 46.8 cm³/mol. The summed E-state index contributed by atoms with van der Waals surface area (Å²) in [5.41, 5.74) is 0. The van der Waals surface area contributed by atoms with E-state index in [2.05, 4.69) is 0 Å². The Morgan fingerprint density at radius 1 is 1.09 bits per heavy atom. The molecule has 11 heavy (non-hydrogen) atoms. The molecule has 0 saturated heterocycles. The standard InChI is InChI=1S/C9H15BO/c10-9-5-1-3-8(7-11)4-2-6-9/h7-9H,1-6H2. The van der Waals surface area contributed by atoms with Crippen LogP contribution < -0.4 is 0 Å². The van der Waals surface area contributed by atoms with Crippen LogP contribution in [0.5, 0.6) is 0 Å². The van der Waals surface area contributed by atoms with Gasteiger partial charge in [0.2, 0.25) is 0 Å². The van der Waals surface area contributed by atoms with Gasteiger partial charge in [-0.1, -0.05) is 31.5 Å². The van der Waals surface area contributed by atoms with Crippen molar-refractivity contribution in [2.24, 2.45) is 5.92 Å². The molecule has 0 unspecified atom stereocenters. The molecular weight excluding hydrogens is 135 g/mol. The van der Waals surface area contributed by atoms with Crippen molar-refractivity contribution in [1.29, 1.82) is 0 Å². The molecule has 0 N–H and O–H groups in total. The summed E-state index contributed by atoms with van der Waals surface area (Å²) in [6.45, 7) is 0. The summed E-state index contributed by atoms with van der Waals surface area (Å²) in [5.74, 6) is 0.713. The van der Waals surface area contributed by atoms with E-state index in [1.807, 2.05) is 0 Å². The minimum Gasteiger partial charge on any atom is -0.303 e. The molecule has 0 aromatic heterocycles. The van der Waals surface area contributed by atoms with E-state index in [4.69, 9.17) is 7.85 Å². The normalized spacial score (nSPS) is 33.8. The summed E-state index contributed by atoms with van der Waals surface area (Å²) in [4.78, 5) is 10.5. The highest BCUT2D eigenvalue weighted by Crippen LogP contribution is 2.26. The predicted octanol–water partition coefficient (Wildman–Crippen LogP) is 2.11. The summed E-state index contributed by atoms with van der Waals surface area (Å²) < 4.78 is 0. The molecule has 0 aromatic rings. The second-order valence-electron chi connectivity index (χ2n) is 3.52. The van der Waals surface area contributed by atoms with Gasteiger partial charge in [0.05, 0.1) is 7.85 Å². The van der Waals surface area contributed by atoms with Crippen molar-refractivity contribution in [1.82, 2.24) is 0 Å². The van der Waals surface area contributed by atoms with E-state index < -0.39 is 0 Å². The molecule has 0 heterocycles. The molecule has 0 bridgehead atoms. The van der Waals surface area contributed by atoms with Crippen LogP contribution in [0.2, 0.25) is 5.82 Å².